The van der Waals surface area contributed by atoms with Crippen LogP contribution in [0, 0.1) is 27.7 Å². The van der Waals surface area contributed by atoms with Crippen LogP contribution in [-0.2, 0) is 11.8 Å². The van der Waals surface area contributed by atoms with Gasteiger partial charge in [0.2, 0.25) is 0 Å². The van der Waals surface area contributed by atoms with E-state index in [4.69, 9.17) is 0 Å². The van der Waals surface area contributed by atoms with Gasteiger partial charge in [0.15, 0.2) is 0 Å². The molecule has 0 spiro atoms. The summed E-state index contributed by atoms with van der Waals surface area (Å²) in [4.78, 5) is 0. The van der Waals surface area contributed by atoms with E-state index in [1.165, 1.54) is 104 Å². The average molecular weight is 789 g/mol. The summed E-state index contributed by atoms with van der Waals surface area (Å²) in [6, 6.07) is 60.2. The van der Waals surface area contributed by atoms with Crippen molar-refractivity contribution in [3.8, 4) is 11.1 Å². The van der Waals surface area contributed by atoms with Gasteiger partial charge < -0.3 is 0 Å². The molecule has 7 aromatic carbocycles. The Kier molecular flexibility index (Phi) is 17.1. The Morgan fingerprint density at radius 2 is 1.12 bits per heavy atom. The quantitative estimate of drug-likeness (QED) is 0.163. The minimum atomic E-state index is 0.238. The summed E-state index contributed by atoms with van der Waals surface area (Å²) in [5.41, 5.74) is 17.1. The summed E-state index contributed by atoms with van der Waals surface area (Å²) in [6.45, 7) is 20.0. The smallest absolute Gasteiger partial charge is 0.0121 e. The van der Waals surface area contributed by atoms with Crippen LogP contribution in [0.1, 0.15) is 111 Å². The molecule has 1 atom stereocenters. The molecule has 308 valence electrons. The second-order valence-corrected chi connectivity index (χ2v) is 17.0. The van der Waals surface area contributed by atoms with Crippen molar-refractivity contribution in [2.45, 2.75) is 106 Å². The molecule has 0 nitrogen and oxygen atoms in total. The first-order chi connectivity index (χ1) is 29.0. The number of benzene rings is 7. The van der Waals surface area contributed by atoms with Crippen molar-refractivity contribution in [1.82, 2.24) is 0 Å². The summed E-state index contributed by atoms with van der Waals surface area (Å²) in [6.07, 6.45) is 10.7. The lowest BCUT2D eigenvalue weighted by atomic mass is 9.78. The highest BCUT2D eigenvalue weighted by Gasteiger charge is 2.36. The van der Waals surface area contributed by atoms with Crippen molar-refractivity contribution < 1.29 is 0 Å². The van der Waals surface area contributed by atoms with Crippen LogP contribution in [-0.4, -0.2) is 0 Å². The Morgan fingerprint density at radius 1 is 0.567 bits per heavy atom. The molecule has 2 aliphatic rings. The molecule has 1 unspecified atom stereocenters. The molecule has 0 fully saturated rings. The van der Waals surface area contributed by atoms with Gasteiger partial charge in [0, 0.05) is 5.41 Å². The van der Waals surface area contributed by atoms with E-state index >= 15 is 0 Å². The molecule has 0 radical (unpaired) electrons. The van der Waals surface area contributed by atoms with Crippen LogP contribution in [0.25, 0.3) is 27.5 Å². The van der Waals surface area contributed by atoms with Crippen molar-refractivity contribution in [3.63, 3.8) is 0 Å². The lowest BCUT2D eigenvalue weighted by Gasteiger charge is -2.25. The Labute approximate surface area is 363 Å². The molecule has 0 saturated carbocycles. The van der Waals surface area contributed by atoms with Crippen molar-refractivity contribution in [2.75, 3.05) is 0 Å². The predicted octanol–water partition coefficient (Wildman–Crippen LogP) is 17.3. The van der Waals surface area contributed by atoms with E-state index in [2.05, 4.69) is 244 Å². The first-order valence-electron chi connectivity index (χ1n) is 22.2. The van der Waals surface area contributed by atoms with E-state index in [1.807, 2.05) is 0 Å². The second kappa shape index (κ2) is 22.6. The van der Waals surface area contributed by atoms with Gasteiger partial charge in [0.25, 0.3) is 0 Å². The first-order valence-corrected chi connectivity index (χ1v) is 22.2. The molecule has 7 aromatic rings. The molecule has 60 heavy (non-hydrogen) atoms. The summed E-state index contributed by atoms with van der Waals surface area (Å²) >= 11 is 0. The van der Waals surface area contributed by atoms with Gasteiger partial charge in [-0.1, -0.05) is 245 Å². The van der Waals surface area contributed by atoms with Crippen molar-refractivity contribution in [2.24, 2.45) is 0 Å². The fourth-order valence-electron chi connectivity index (χ4n) is 7.97. The summed E-state index contributed by atoms with van der Waals surface area (Å²) in [5.74, 6) is 0.709. The second-order valence-electron chi connectivity index (χ2n) is 17.0. The summed E-state index contributed by atoms with van der Waals surface area (Å²) in [5, 5.41) is 2.68. The molecule has 0 heterocycles. The fourth-order valence-corrected chi connectivity index (χ4v) is 7.97. The van der Waals surface area contributed by atoms with Crippen LogP contribution in [0.3, 0.4) is 0 Å². The van der Waals surface area contributed by atoms with Gasteiger partial charge in [-0.25, -0.2) is 0 Å². The molecule has 0 heteroatoms. The first kappa shape index (κ1) is 45.4. The zero-order chi connectivity index (χ0) is 42.9. The van der Waals surface area contributed by atoms with Crippen LogP contribution in [0.2, 0.25) is 0 Å². The van der Waals surface area contributed by atoms with Gasteiger partial charge in [-0.05, 0) is 115 Å². The van der Waals surface area contributed by atoms with E-state index in [-0.39, 0.29) is 5.41 Å². The third kappa shape index (κ3) is 12.6. The number of hydrogen-bond acceptors (Lipinski definition) is 0. The molecular formula is C60H68. The van der Waals surface area contributed by atoms with Crippen molar-refractivity contribution in [1.29, 1.82) is 0 Å². The van der Waals surface area contributed by atoms with Crippen molar-refractivity contribution >= 4 is 16.3 Å². The Bertz CT molecular complexity index is 2360. The van der Waals surface area contributed by atoms with Gasteiger partial charge in [-0.3, -0.25) is 0 Å². The summed E-state index contributed by atoms with van der Waals surface area (Å²) in [7, 11) is 0. The van der Waals surface area contributed by atoms with Gasteiger partial charge in [-0.15, -0.1) is 0 Å². The van der Waals surface area contributed by atoms with Gasteiger partial charge in [0.1, 0.15) is 0 Å². The highest BCUT2D eigenvalue weighted by Crippen LogP contribution is 2.50. The number of aryl methyl sites for hydroxylation is 5. The van der Waals surface area contributed by atoms with Gasteiger partial charge in [-0.2, -0.15) is 0 Å². The molecule has 0 saturated heterocycles. The number of rotatable bonds is 5. The molecule has 0 aromatic heterocycles. The minimum Gasteiger partial charge on any atom is -0.0836 e. The summed E-state index contributed by atoms with van der Waals surface area (Å²) < 4.78 is 0. The maximum absolute atomic E-state index is 2.37. The molecule has 0 aliphatic heterocycles. The zero-order valence-electron chi connectivity index (χ0n) is 37.9. The lowest BCUT2D eigenvalue weighted by molar-refractivity contribution is 0.607. The number of allylic oxidation sites excluding steroid dienone is 4. The minimum absolute atomic E-state index is 0.238. The van der Waals surface area contributed by atoms with Gasteiger partial charge >= 0.3 is 0 Å². The highest BCUT2D eigenvalue weighted by molar-refractivity contribution is 5.87. The normalized spacial score (nSPS) is 13.4. The molecule has 0 amide bonds. The maximum Gasteiger partial charge on any atom is 0.0121 e. The SMILES string of the molecule is CCC(C)c1ccccc1.CCCc1ccccc1.Cc1ccc(-c2ccc(C)cc2)cc1.Cc1ccc2c(c1)C(C)(C)C1=C2C=CCC1.Cc1cccc2ccccc12. The zero-order valence-corrected chi connectivity index (χ0v) is 37.9. The molecule has 0 bridgehead atoms. The monoisotopic (exact) mass is 789 g/mol. The third-order valence-electron chi connectivity index (χ3n) is 11.9. The van der Waals surface area contributed by atoms with Crippen molar-refractivity contribution in [3.05, 3.63) is 232 Å². The Balaban J connectivity index is 0.000000145. The highest BCUT2D eigenvalue weighted by atomic mass is 14.4. The molecule has 9 rings (SSSR count). The van der Waals surface area contributed by atoms with E-state index in [0.29, 0.717) is 5.92 Å². The van der Waals surface area contributed by atoms with E-state index in [0.717, 1.165) is 0 Å². The fraction of sp³-hybridized carbons (Fsp3) is 0.267. The van der Waals surface area contributed by atoms with Crippen LogP contribution in [0.5, 0.6) is 0 Å². The Hall–Kier alpha value is -5.72. The third-order valence-corrected chi connectivity index (χ3v) is 11.9. The van der Waals surface area contributed by atoms with Crippen LogP contribution < -0.4 is 0 Å². The number of fused-ring (bicyclic) bond motifs is 3. The topological polar surface area (TPSA) is 0 Å². The number of hydrogen-bond donors (Lipinski definition) is 0. The van der Waals surface area contributed by atoms with Crippen LogP contribution >= 0.6 is 0 Å². The predicted molar refractivity (Wildman–Crippen MR) is 265 cm³/mol. The van der Waals surface area contributed by atoms with Crippen LogP contribution in [0.15, 0.2) is 188 Å². The lowest BCUT2D eigenvalue weighted by Crippen LogP contribution is -2.17. The molecular weight excluding hydrogens is 721 g/mol. The Morgan fingerprint density at radius 3 is 1.70 bits per heavy atom. The molecule has 2 aliphatic carbocycles. The average Bonchev–Trinajstić information content (AvgIpc) is 3.51. The molecule has 0 N–H and O–H groups in total. The van der Waals surface area contributed by atoms with Gasteiger partial charge in [0.05, 0.1) is 0 Å². The van der Waals surface area contributed by atoms with E-state index < -0.39 is 0 Å². The van der Waals surface area contributed by atoms with E-state index in [1.54, 1.807) is 5.57 Å². The maximum atomic E-state index is 2.37. The standard InChI is InChI=1S/C16H18.C14H14.C11H10.C10H14.C9H12/c1-11-8-9-13-12-6-4-5-7-14(12)16(2,3)15(13)10-11;1-11-3-7-13(8-4-11)14-9-5-12(2)6-10-14;1-9-5-4-7-10-6-2-3-8-11(9)10;1-3-9(2)10-7-5-4-6-8-10;1-2-6-9-7-4-3-5-8-9/h4,6,8-10H,5,7H2,1-3H3;3-10H,1-2H3;2-8H,1H3;4-9H,3H2,1-2H3;3-5,7-8H,2,6H2,1H3. The largest absolute Gasteiger partial charge is 0.0836 e. The van der Waals surface area contributed by atoms with Crippen LogP contribution in [0.4, 0.5) is 0 Å². The van der Waals surface area contributed by atoms with E-state index in [9.17, 15) is 0 Å².